The van der Waals surface area contributed by atoms with E-state index in [4.69, 9.17) is 11.6 Å². The molecule has 0 bridgehead atoms. The van der Waals surface area contributed by atoms with Crippen LogP contribution in [0.25, 0.3) is 6.08 Å². The Morgan fingerprint density at radius 2 is 1.84 bits per heavy atom. The number of phenolic OH excluding ortho intramolecular Hbond substituents is 1. The fourth-order valence-electron chi connectivity index (χ4n) is 2.29. The van der Waals surface area contributed by atoms with Crippen LogP contribution in [0.5, 0.6) is 5.75 Å². The van der Waals surface area contributed by atoms with Gasteiger partial charge in [-0.3, -0.25) is 14.9 Å². The molecular weight excluding hydrogens is 412 g/mol. The normalized spacial score (nSPS) is 16.3. The number of nitrogens with one attached hydrogen (secondary N) is 1. The predicted molar refractivity (Wildman–Crippen MR) is 96.3 cm³/mol. The second-order valence-corrected chi connectivity index (χ2v) is 6.38. The third kappa shape index (κ3) is 3.29. The van der Waals surface area contributed by atoms with Gasteiger partial charge in [-0.2, -0.15) is 0 Å². The van der Waals surface area contributed by atoms with Crippen molar-refractivity contribution in [1.29, 1.82) is 0 Å². The van der Waals surface area contributed by atoms with Crippen molar-refractivity contribution < 1.29 is 19.5 Å². The van der Waals surface area contributed by atoms with E-state index >= 15 is 0 Å². The molecule has 1 heterocycles. The number of carbonyl (C=O) groups excluding carboxylic acids is 3. The number of anilines is 1. The van der Waals surface area contributed by atoms with Crippen LogP contribution in [-0.2, 0) is 9.59 Å². The lowest BCUT2D eigenvalue weighted by atomic mass is 10.1. The van der Waals surface area contributed by atoms with Crippen molar-refractivity contribution in [2.45, 2.75) is 0 Å². The van der Waals surface area contributed by atoms with Gasteiger partial charge in [-0.15, -0.1) is 0 Å². The minimum Gasteiger partial charge on any atom is -0.507 e. The Morgan fingerprint density at radius 3 is 2.52 bits per heavy atom. The van der Waals surface area contributed by atoms with E-state index in [2.05, 4.69) is 21.2 Å². The molecule has 6 nitrogen and oxygen atoms in total. The highest BCUT2D eigenvalue weighted by Crippen LogP contribution is 2.30. The number of nitrogens with zero attached hydrogens (tertiary/aromatic N) is 1. The Morgan fingerprint density at radius 1 is 1.12 bits per heavy atom. The summed E-state index contributed by atoms with van der Waals surface area (Å²) >= 11 is 9.22. The van der Waals surface area contributed by atoms with E-state index in [9.17, 15) is 19.5 Å². The first-order valence-corrected chi connectivity index (χ1v) is 8.20. The summed E-state index contributed by atoms with van der Waals surface area (Å²) in [6, 6.07) is 9.94. The predicted octanol–water partition coefficient (Wildman–Crippen LogP) is 3.47. The topological polar surface area (TPSA) is 86.7 Å². The summed E-state index contributed by atoms with van der Waals surface area (Å²) in [5.41, 5.74) is 0.450. The second-order valence-electron chi connectivity index (χ2n) is 5.12. The van der Waals surface area contributed by atoms with Crippen molar-refractivity contribution in [2.75, 3.05) is 4.90 Å². The van der Waals surface area contributed by atoms with Gasteiger partial charge in [0.15, 0.2) is 0 Å². The Labute approximate surface area is 155 Å². The van der Waals surface area contributed by atoms with E-state index in [0.717, 1.165) is 4.90 Å². The van der Waals surface area contributed by atoms with Gasteiger partial charge in [0.05, 0.1) is 15.2 Å². The first kappa shape index (κ1) is 17.2. The molecule has 0 radical (unpaired) electrons. The van der Waals surface area contributed by atoms with Crippen molar-refractivity contribution in [3.8, 4) is 5.75 Å². The molecule has 2 N–H and O–H groups in total. The number of halogens is 2. The van der Waals surface area contributed by atoms with Crippen LogP contribution >= 0.6 is 27.5 Å². The van der Waals surface area contributed by atoms with E-state index < -0.39 is 17.8 Å². The van der Waals surface area contributed by atoms with Crippen LogP contribution in [0.1, 0.15) is 5.56 Å². The van der Waals surface area contributed by atoms with Crippen molar-refractivity contribution in [3.63, 3.8) is 0 Å². The molecule has 1 fully saturated rings. The molecule has 0 unspecified atom stereocenters. The lowest BCUT2D eigenvalue weighted by molar-refractivity contribution is -0.122. The van der Waals surface area contributed by atoms with Gasteiger partial charge >= 0.3 is 6.03 Å². The molecule has 2 aromatic carbocycles. The van der Waals surface area contributed by atoms with Crippen molar-refractivity contribution in [1.82, 2.24) is 5.32 Å². The maximum atomic E-state index is 12.7. The molecule has 0 atom stereocenters. The van der Waals surface area contributed by atoms with E-state index in [1.54, 1.807) is 18.2 Å². The Kier molecular flexibility index (Phi) is 4.61. The molecule has 2 aromatic rings. The molecule has 0 aliphatic carbocycles. The van der Waals surface area contributed by atoms with E-state index in [0.29, 0.717) is 10.0 Å². The van der Waals surface area contributed by atoms with Gasteiger partial charge in [0, 0.05) is 0 Å². The van der Waals surface area contributed by atoms with Crippen LogP contribution in [0, 0.1) is 0 Å². The average Bonchev–Trinajstić information content (AvgIpc) is 2.56. The Hall–Kier alpha value is -2.64. The number of aromatic hydroxyl groups is 1. The average molecular weight is 422 g/mol. The number of rotatable bonds is 2. The fraction of sp³-hybridized carbons (Fsp3) is 0. The number of barbiturate groups is 1. The number of imide groups is 2. The third-order valence-corrected chi connectivity index (χ3v) is 4.43. The molecule has 3 rings (SSSR count). The summed E-state index contributed by atoms with van der Waals surface area (Å²) in [6.45, 7) is 0. The minimum atomic E-state index is -0.868. The lowest BCUT2D eigenvalue weighted by Crippen LogP contribution is -2.54. The van der Waals surface area contributed by atoms with Gasteiger partial charge in [0.2, 0.25) is 0 Å². The standard InChI is InChI=1S/C17H10BrClN2O4/c18-11-8-9(5-6-14(11)22)7-10-15(23)20-17(25)21(16(10)24)13-4-2-1-3-12(13)19/h1-8,22H,(H,20,23,25). The van der Waals surface area contributed by atoms with Gasteiger partial charge in [-0.05, 0) is 51.8 Å². The summed E-state index contributed by atoms with van der Waals surface area (Å²) in [5.74, 6) is -1.57. The van der Waals surface area contributed by atoms with Gasteiger partial charge in [0.25, 0.3) is 11.8 Å². The molecular formula is C17H10BrClN2O4. The van der Waals surface area contributed by atoms with Gasteiger partial charge in [0.1, 0.15) is 11.3 Å². The van der Waals surface area contributed by atoms with Crippen LogP contribution in [0.4, 0.5) is 10.5 Å². The minimum absolute atomic E-state index is 0.0226. The zero-order valence-electron chi connectivity index (χ0n) is 12.5. The number of phenols is 1. The summed E-state index contributed by atoms with van der Waals surface area (Å²) in [6.07, 6.45) is 1.33. The number of para-hydroxylation sites is 1. The summed E-state index contributed by atoms with van der Waals surface area (Å²) < 4.78 is 0.407. The summed E-state index contributed by atoms with van der Waals surface area (Å²) in [7, 11) is 0. The second kappa shape index (κ2) is 6.70. The van der Waals surface area contributed by atoms with Crippen LogP contribution in [0.3, 0.4) is 0 Å². The molecule has 0 aromatic heterocycles. The van der Waals surface area contributed by atoms with Crippen LogP contribution in [0.15, 0.2) is 52.5 Å². The SMILES string of the molecule is O=C1NC(=O)N(c2ccccc2Cl)C(=O)C1=Cc1ccc(O)c(Br)c1. The van der Waals surface area contributed by atoms with Gasteiger partial charge < -0.3 is 5.11 Å². The van der Waals surface area contributed by atoms with Gasteiger partial charge in [-0.25, -0.2) is 9.69 Å². The molecule has 1 aliphatic heterocycles. The zero-order chi connectivity index (χ0) is 18.1. The van der Waals surface area contributed by atoms with Crippen molar-refractivity contribution in [3.05, 3.63) is 63.1 Å². The number of hydrogen-bond acceptors (Lipinski definition) is 4. The van der Waals surface area contributed by atoms with Crippen LogP contribution in [0.2, 0.25) is 5.02 Å². The van der Waals surface area contributed by atoms with Crippen LogP contribution < -0.4 is 10.2 Å². The van der Waals surface area contributed by atoms with Crippen molar-refractivity contribution in [2.24, 2.45) is 0 Å². The number of carbonyl (C=O) groups is 3. The number of amides is 4. The maximum Gasteiger partial charge on any atom is 0.335 e. The number of benzene rings is 2. The van der Waals surface area contributed by atoms with E-state index in [-0.39, 0.29) is 22.0 Å². The lowest BCUT2D eigenvalue weighted by Gasteiger charge is -2.27. The largest absolute Gasteiger partial charge is 0.507 e. The molecule has 0 spiro atoms. The smallest absolute Gasteiger partial charge is 0.335 e. The maximum absolute atomic E-state index is 12.7. The molecule has 8 heteroatoms. The van der Waals surface area contributed by atoms with Crippen LogP contribution in [-0.4, -0.2) is 23.0 Å². The summed E-state index contributed by atoms with van der Waals surface area (Å²) in [5, 5.41) is 11.9. The highest BCUT2D eigenvalue weighted by molar-refractivity contribution is 9.10. The Bertz CT molecular complexity index is 942. The molecule has 25 heavy (non-hydrogen) atoms. The number of urea groups is 1. The third-order valence-electron chi connectivity index (χ3n) is 3.48. The number of hydrogen-bond donors (Lipinski definition) is 2. The highest BCUT2D eigenvalue weighted by atomic mass is 79.9. The van der Waals surface area contributed by atoms with E-state index in [1.165, 1.54) is 30.3 Å². The molecule has 4 amide bonds. The zero-order valence-corrected chi connectivity index (χ0v) is 14.8. The van der Waals surface area contributed by atoms with Crippen molar-refractivity contribution >= 4 is 57.1 Å². The molecule has 0 saturated carbocycles. The first-order chi connectivity index (χ1) is 11.9. The quantitative estimate of drug-likeness (QED) is 0.574. The highest BCUT2D eigenvalue weighted by Gasteiger charge is 2.37. The first-order valence-electron chi connectivity index (χ1n) is 7.03. The molecule has 1 aliphatic rings. The molecule has 126 valence electrons. The fourth-order valence-corrected chi connectivity index (χ4v) is 2.91. The summed E-state index contributed by atoms with van der Waals surface area (Å²) in [4.78, 5) is 37.7. The monoisotopic (exact) mass is 420 g/mol. The van der Waals surface area contributed by atoms with E-state index in [1.807, 2.05) is 0 Å². The van der Waals surface area contributed by atoms with Gasteiger partial charge in [-0.1, -0.05) is 29.8 Å². The molecule has 1 saturated heterocycles. The Balaban J connectivity index is 2.05.